The maximum Gasteiger partial charge on any atom is 0.272 e. The van der Waals surface area contributed by atoms with Crippen molar-refractivity contribution >= 4 is 11.8 Å². The van der Waals surface area contributed by atoms with Crippen LogP contribution in [0.2, 0.25) is 0 Å². The molecule has 6 heteroatoms. The molecule has 4 rings (SSSR count). The number of piperidine rings is 1. The Kier molecular flexibility index (Phi) is 4.38. The van der Waals surface area contributed by atoms with Crippen molar-refractivity contribution in [1.82, 2.24) is 14.8 Å². The third-order valence-corrected chi connectivity index (χ3v) is 4.50. The Morgan fingerprint density at radius 1 is 1.36 bits per heavy atom. The number of pyridine rings is 1. The van der Waals surface area contributed by atoms with Crippen molar-refractivity contribution in [3.8, 4) is 0 Å². The first-order valence-corrected chi connectivity index (χ1v) is 7.70. The molecule has 0 aromatic carbocycles. The van der Waals surface area contributed by atoms with E-state index < -0.39 is 0 Å². The van der Waals surface area contributed by atoms with Crippen LogP contribution in [0.25, 0.3) is 0 Å². The smallest absolute Gasteiger partial charge is 0.272 e. The van der Waals surface area contributed by atoms with Crippen LogP contribution in [-0.2, 0) is 9.53 Å². The number of carbonyl (C=O) groups excluding carboxylic acids is 2. The lowest BCUT2D eigenvalue weighted by molar-refractivity contribution is -0.140. The van der Waals surface area contributed by atoms with Crippen LogP contribution in [0.4, 0.5) is 0 Å². The number of hydrogen-bond donors (Lipinski definition) is 0. The molecule has 3 saturated heterocycles. The van der Waals surface area contributed by atoms with Gasteiger partial charge in [-0.3, -0.25) is 14.6 Å². The summed E-state index contributed by atoms with van der Waals surface area (Å²) in [6.45, 7) is 2.21. The molecule has 0 aliphatic carbocycles. The van der Waals surface area contributed by atoms with Crippen molar-refractivity contribution in [3.63, 3.8) is 0 Å². The molecule has 3 aliphatic heterocycles. The summed E-state index contributed by atoms with van der Waals surface area (Å²) in [5, 5.41) is 0. The lowest BCUT2D eigenvalue weighted by atomic mass is 9.94. The fourth-order valence-corrected chi connectivity index (χ4v) is 3.34. The molecule has 2 atom stereocenters. The van der Waals surface area contributed by atoms with E-state index >= 15 is 0 Å². The summed E-state index contributed by atoms with van der Waals surface area (Å²) in [4.78, 5) is 33.0. The van der Waals surface area contributed by atoms with Crippen LogP contribution < -0.4 is 0 Å². The second kappa shape index (κ2) is 6.44. The maximum atomic E-state index is 12.6. The largest absolute Gasteiger partial charge is 0.383 e. The molecule has 118 valence electrons. The fraction of sp³-hybridized carbons (Fsp3) is 0.562. The molecule has 3 aliphatic rings. The summed E-state index contributed by atoms with van der Waals surface area (Å²) in [5.41, 5.74) is 0.444. The summed E-state index contributed by atoms with van der Waals surface area (Å²) in [5.74, 6) is -0.0215. The van der Waals surface area contributed by atoms with Crippen LogP contribution >= 0.6 is 0 Å². The standard InChI is InChI=1S/C16H21N3O3/c1-22-9-8-19-13-6-5-12(15(19)20)10-18(11-13)16(21)14-4-2-3-7-17-14/h2-4,7,12-13H,5-6,8-11H2,1H3/t12-,13+/m1/s1. The lowest BCUT2D eigenvalue weighted by Gasteiger charge is -2.35. The van der Waals surface area contributed by atoms with Crippen LogP contribution in [0.1, 0.15) is 23.3 Å². The molecule has 0 N–H and O–H groups in total. The highest BCUT2D eigenvalue weighted by Crippen LogP contribution is 2.29. The molecule has 22 heavy (non-hydrogen) atoms. The van der Waals surface area contributed by atoms with Gasteiger partial charge in [-0.1, -0.05) is 6.07 Å². The zero-order valence-electron chi connectivity index (χ0n) is 12.8. The van der Waals surface area contributed by atoms with Crippen LogP contribution in [0.3, 0.4) is 0 Å². The van der Waals surface area contributed by atoms with Gasteiger partial charge in [-0.15, -0.1) is 0 Å². The second-order valence-electron chi connectivity index (χ2n) is 5.88. The monoisotopic (exact) mass is 303 g/mol. The van der Waals surface area contributed by atoms with Crippen molar-refractivity contribution in [1.29, 1.82) is 0 Å². The Morgan fingerprint density at radius 3 is 2.95 bits per heavy atom. The minimum absolute atomic E-state index is 0.0844. The molecule has 0 spiro atoms. The zero-order chi connectivity index (χ0) is 15.5. The summed E-state index contributed by atoms with van der Waals surface area (Å²) >= 11 is 0. The molecule has 4 heterocycles. The molecule has 6 nitrogen and oxygen atoms in total. The Balaban J connectivity index is 1.77. The van der Waals surface area contributed by atoms with Gasteiger partial charge in [0.1, 0.15) is 5.69 Å². The van der Waals surface area contributed by atoms with Gasteiger partial charge in [-0.05, 0) is 25.0 Å². The minimum atomic E-state index is -0.0942. The highest BCUT2D eigenvalue weighted by atomic mass is 16.5. The number of rotatable bonds is 4. The number of aromatic nitrogens is 1. The highest BCUT2D eigenvalue weighted by molar-refractivity contribution is 5.93. The predicted octanol–water partition coefficient (Wildman–Crippen LogP) is 0.791. The number of nitrogens with zero attached hydrogens (tertiary/aromatic N) is 3. The van der Waals surface area contributed by atoms with E-state index in [1.165, 1.54) is 0 Å². The molecule has 0 radical (unpaired) electrons. The summed E-state index contributed by atoms with van der Waals surface area (Å²) in [7, 11) is 1.64. The molecule has 0 unspecified atom stereocenters. The zero-order valence-corrected chi connectivity index (χ0v) is 12.8. The average Bonchev–Trinajstić information content (AvgIpc) is 2.84. The van der Waals surface area contributed by atoms with E-state index in [4.69, 9.17) is 4.74 Å². The summed E-state index contributed by atoms with van der Waals surface area (Å²) in [6.07, 6.45) is 3.43. The maximum absolute atomic E-state index is 12.6. The van der Waals surface area contributed by atoms with Gasteiger partial charge in [-0.25, -0.2) is 0 Å². The van der Waals surface area contributed by atoms with E-state index in [0.29, 0.717) is 31.9 Å². The van der Waals surface area contributed by atoms with E-state index in [9.17, 15) is 9.59 Å². The molecule has 1 aromatic heterocycles. The highest BCUT2D eigenvalue weighted by Gasteiger charge is 2.41. The minimum Gasteiger partial charge on any atom is -0.383 e. The van der Waals surface area contributed by atoms with Crippen LogP contribution in [0, 0.1) is 5.92 Å². The second-order valence-corrected chi connectivity index (χ2v) is 5.88. The molecular formula is C16H21N3O3. The predicted molar refractivity (Wildman–Crippen MR) is 80.2 cm³/mol. The SMILES string of the molecule is COCCN1C(=O)[C@@H]2CC[C@H]1CN(C(=O)c1ccccn1)C2. The third kappa shape index (κ3) is 2.83. The van der Waals surface area contributed by atoms with Gasteiger partial charge in [-0.2, -0.15) is 0 Å². The van der Waals surface area contributed by atoms with Gasteiger partial charge in [0, 0.05) is 39.0 Å². The van der Waals surface area contributed by atoms with E-state index in [1.54, 1.807) is 30.3 Å². The third-order valence-electron chi connectivity index (χ3n) is 4.50. The Hall–Kier alpha value is -1.95. The number of methoxy groups -OCH3 is 1. The van der Waals surface area contributed by atoms with Crippen molar-refractivity contribution in [2.45, 2.75) is 18.9 Å². The van der Waals surface area contributed by atoms with E-state index in [-0.39, 0.29) is 23.8 Å². The number of ether oxygens (including phenoxy) is 1. The van der Waals surface area contributed by atoms with Crippen LogP contribution in [-0.4, -0.2) is 66.0 Å². The van der Waals surface area contributed by atoms with Gasteiger partial charge < -0.3 is 14.5 Å². The van der Waals surface area contributed by atoms with Crippen molar-refractivity contribution < 1.29 is 14.3 Å². The van der Waals surface area contributed by atoms with Gasteiger partial charge >= 0.3 is 0 Å². The molecule has 1 aromatic rings. The van der Waals surface area contributed by atoms with Crippen LogP contribution in [0.5, 0.6) is 0 Å². The fourth-order valence-electron chi connectivity index (χ4n) is 3.34. The molecule has 3 fully saturated rings. The van der Waals surface area contributed by atoms with Gasteiger partial charge in [0.05, 0.1) is 12.5 Å². The van der Waals surface area contributed by atoms with Crippen molar-refractivity contribution in [3.05, 3.63) is 30.1 Å². The summed E-state index contributed by atoms with van der Waals surface area (Å²) in [6, 6.07) is 5.41. The van der Waals surface area contributed by atoms with Crippen LogP contribution in [0.15, 0.2) is 24.4 Å². The Morgan fingerprint density at radius 2 is 2.23 bits per heavy atom. The Bertz CT molecular complexity index is 549. The topological polar surface area (TPSA) is 62.7 Å². The number of carbonyl (C=O) groups is 2. The number of amides is 2. The molecule has 2 bridgehead atoms. The number of fused-ring (bicyclic) bond motifs is 4. The molecule has 0 saturated carbocycles. The van der Waals surface area contributed by atoms with Gasteiger partial charge in [0.25, 0.3) is 5.91 Å². The lowest BCUT2D eigenvalue weighted by Crippen LogP contribution is -2.49. The Labute approximate surface area is 130 Å². The first-order chi connectivity index (χ1) is 10.7. The first kappa shape index (κ1) is 15.0. The average molecular weight is 303 g/mol. The quantitative estimate of drug-likeness (QED) is 0.825. The number of hydrogen-bond acceptors (Lipinski definition) is 4. The van der Waals surface area contributed by atoms with Crippen molar-refractivity contribution in [2.75, 3.05) is 33.4 Å². The first-order valence-electron chi connectivity index (χ1n) is 7.70. The normalized spacial score (nSPS) is 24.5. The molecule has 2 amide bonds. The van der Waals surface area contributed by atoms with Crippen molar-refractivity contribution in [2.24, 2.45) is 5.92 Å². The van der Waals surface area contributed by atoms with E-state index in [2.05, 4.69) is 4.98 Å². The van der Waals surface area contributed by atoms with Gasteiger partial charge in [0.15, 0.2) is 0 Å². The summed E-state index contributed by atoms with van der Waals surface area (Å²) < 4.78 is 5.10. The van der Waals surface area contributed by atoms with E-state index in [1.807, 2.05) is 11.0 Å². The van der Waals surface area contributed by atoms with E-state index in [0.717, 1.165) is 12.8 Å². The molecular weight excluding hydrogens is 282 g/mol. The van der Waals surface area contributed by atoms with Gasteiger partial charge in [0.2, 0.25) is 5.91 Å².